The van der Waals surface area contributed by atoms with E-state index in [4.69, 9.17) is 0 Å². The molecule has 1 fully saturated rings. The summed E-state index contributed by atoms with van der Waals surface area (Å²) in [5, 5.41) is 5.44. The molecule has 2 N–H and O–H groups in total. The molecule has 2 aromatic rings. The number of benzene rings is 2. The number of aliphatic imine (C=N–C) groups is 1. The van der Waals surface area contributed by atoms with E-state index >= 15 is 0 Å². The molecule has 1 amide bonds. The highest BCUT2D eigenvalue weighted by Crippen LogP contribution is 2.32. The van der Waals surface area contributed by atoms with Crippen LogP contribution in [0.15, 0.2) is 47.5 Å². The molecule has 38 heavy (non-hydrogen) atoms. The normalized spacial score (nSPS) is 17.8. The summed E-state index contributed by atoms with van der Waals surface area (Å²) in [6.45, 7) is 3.67. The summed E-state index contributed by atoms with van der Waals surface area (Å²) in [5.74, 6) is -0.270. The Morgan fingerprint density at radius 3 is 2.37 bits per heavy atom. The lowest BCUT2D eigenvalue weighted by Gasteiger charge is -2.34. The minimum Gasteiger partial charge on any atom is -0.326 e. The summed E-state index contributed by atoms with van der Waals surface area (Å²) >= 11 is 0. The number of anilines is 1. The maximum absolute atomic E-state index is 13.0. The lowest BCUT2D eigenvalue weighted by atomic mass is 9.89. The van der Waals surface area contributed by atoms with Crippen molar-refractivity contribution >= 4 is 33.4 Å². The van der Waals surface area contributed by atoms with Gasteiger partial charge in [-0.25, -0.2) is 17.7 Å². The smallest absolute Gasteiger partial charge is 0.326 e. The van der Waals surface area contributed by atoms with E-state index in [2.05, 4.69) is 15.6 Å². The van der Waals surface area contributed by atoms with Gasteiger partial charge in [0.2, 0.25) is 16.0 Å². The largest absolute Gasteiger partial charge is 0.416 e. The van der Waals surface area contributed by atoms with Crippen molar-refractivity contribution in [3.05, 3.63) is 64.7 Å². The predicted octanol–water partition coefficient (Wildman–Crippen LogP) is 3.45. The Morgan fingerprint density at radius 2 is 1.79 bits per heavy atom. The highest BCUT2D eigenvalue weighted by Gasteiger charge is 2.47. The molecule has 8 nitrogen and oxygen atoms in total. The first-order valence-electron chi connectivity index (χ1n) is 12.2. The Balaban J connectivity index is 1.35. The maximum atomic E-state index is 13.0. The van der Waals surface area contributed by atoms with E-state index in [1.165, 1.54) is 23.4 Å². The maximum Gasteiger partial charge on any atom is 0.416 e. The summed E-state index contributed by atoms with van der Waals surface area (Å²) in [7, 11) is -3.58. The number of sulfonamides is 1. The van der Waals surface area contributed by atoms with Crippen LogP contribution in [-0.4, -0.2) is 54.8 Å². The molecular formula is C26H29F3N4O4S. The number of hydrogen-bond acceptors (Lipinski definition) is 6. The number of ketones is 1. The van der Waals surface area contributed by atoms with Crippen LogP contribution in [0.2, 0.25) is 0 Å². The van der Waals surface area contributed by atoms with Gasteiger partial charge in [0.1, 0.15) is 11.3 Å². The molecule has 204 valence electrons. The van der Waals surface area contributed by atoms with E-state index in [9.17, 15) is 31.2 Å². The molecule has 0 radical (unpaired) electrons. The van der Waals surface area contributed by atoms with Crippen molar-refractivity contribution < 1.29 is 31.2 Å². The third-order valence-corrected chi connectivity index (χ3v) is 8.76. The summed E-state index contributed by atoms with van der Waals surface area (Å²) in [6.07, 6.45) is -3.40. The van der Waals surface area contributed by atoms with E-state index in [0.717, 1.165) is 28.8 Å². The van der Waals surface area contributed by atoms with Gasteiger partial charge in [-0.3, -0.25) is 14.9 Å². The molecule has 4 rings (SSSR count). The van der Waals surface area contributed by atoms with Crippen molar-refractivity contribution in [3.63, 3.8) is 0 Å². The SMILES string of the molecule is CC(=O)Cc1ccc(CCS(=O)(=O)N2CCC3(CC2)N=C(Nc2ccc(C(F)(F)F)cc2)NC3=O)c(C)c1. The number of Topliss-reactive ketones (excluding diaryl/α,β-unsaturated/α-hetero) is 1. The first-order chi connectivity index (χ1) is 17.8. The number of carbonyl (C=O) groups excluding carboxylic acids is 2. The van der Waals surface area contributed by atoms with Crippen molar-refractivity contribution in [3.8, 4) is 0 Å². The highest BCUT2D eigenvalue weighted by molar-refractivity contribution is 7.89. The van der Waals surface area contributed by atoms with Crippen LogP contribution >= 0.6 is 0 Å². The van der Waals surface area contributed by atoms with E-state index in [0.29, 0.717) is 18.5 Å². The Labute approximate surface area is 219 Å². The molecule has 0 aromatic heterocycles. The first kappa shape index (κ1) is 27.8. The van der Waals surface area contributed by atoms with Gasteiger partial charge in [0.05, 0.1) is 11.3 Å². The van der Waals surface area contributed by atoms with Crippen molar-refractivity contribution in [2.75, 3.05) is 24.2 Å². The van der Waals surface area contributed by atoms with Gasteiger partial charge in [0.15, 0.2) is 0 Å². The monoisotopic (exact) mass is 550 g/mol. The molecule has 1 spiro atoms. The number of guanidine groups is 1. The zero-order chi connectivity index (χ0) is 27.7. The van der Waals surface area contributed by atoms with Gasteiger partial charge in [-0.15, -0.1) is 0 Å². The predicted molar refractivity (Wildman–Crippen MR) is 137 cm³/mol. The molecule has 0 atom stereocenters. The number of alkyl halides is 3. The Hall–Kier alpha value is -3.25. The van der Waals surface area contributed by atoms with Gasteiger partial charge in [-0.1, -0.05) is 18.2 Å². The Bertz CT molecular complexity index is 1360. The van der Waals surface area contributed by atoms with Crippen LogP contribution in [-0.2, 0) is 38.6 Å². The number of amides is 1. The minimum atomic E-state index is -4.45. The van der Waals surface area contributed by atoms with E-state index in [1.807, 2.05) is 25.1 Å². The second-order valence-electron chi connectivity index (χ2n) is 9.75. The van der Waals surface area contributed by atoms with Gasteiger partial charge in [0.25, 0.3) is 5.91 Å². The molecular weight excluding hydrogens is 521 g/mol. The molecule has 0 bridgehead atoms. The summed E-state index contributed by atoms with van der Waals surface area (Å²) in [4.78, 5) is 28.5. The average molecular weight is 551 g/mol. The number of rotatable bonds is 7. The molecule has 2 aromatic carbocycles. The third-order valence-electron chi connectivity index (χ3n) is 6.89. The number of hydrogen-bond donors (Lipinski definition) is 2. The van der Waals surface area contributed by atoms with E-state index in [-0.39, 0.29) is 49.3 Å². The number of piperidine rings is 1. The topological polar surface area (TPSA) is 108 Å². The van der Waals surface area contributed by atoms with Crippen LogP contribution in [0.4, 0.5) is 18.9 Å². The Morgan fingerprint density at radius 1 is 1.13 bits per heavy atom. The highest BCUT2D eigenvalue weighted by atomic mass is 32.2. The average Bonchev–Trinajstić information content (AvgIpc) is 3.12. The molecule has 0 unspecified atom stereocenters. The molecule has 2 aliphatic heterocycles. The quantitative estimate of drug-likeness (QED) is 0.549. The fourth-order valence-corrected chi connectivity index (χ4v) is 6.21. The lowest BCUT2D eigenvalue weighted by Crippen LogP contribution is -2.51. The van der Waals surface area contributed by atoms with Crippen molar-refractivity contribution in [1.29, 1.82) is 0 Å². The molecule has 2 aliphatic rings. The van der Waals surface area contributed by atoms with Crippen LogP contribution in [0.3, 0.4) is 0 Å². The van der Waals surface area contributed by atoms with Crippen LogP contribution in [0.1, 0.15) is 42.0 Å². The van der Waals surface area contributed by atoms with Crippen molar-refractivity contribution in [2.24, 2.45) is 4.99 Å². The lowest BCUT2D eigenvalue weighted by molar-refractivity contribution is -0.137. The van der Waals surface area contributed by atoms with Gasteiger partial charge in [-0.2, -0.15) is 13.2 Å². The van der Waals surface area contributed by atoms with Gasteiger partial charge >= 0.3 is 6.18 Å². The fraction of sp³-hybridized carbons (Fsp3) is 0.423. The fourth-order valence-electron chi connectivity index (χ4n) is 4.73. The second kappa shape index (κ2) is 10.5. The first-order valence-corrected chi connectivity index (χ1v) is 13.8. The van der Waals surface area contributed by atoms with E-state index in [1.54, 1.807) is 0 Å². The van der Waals surface area contributed by atoms with Crippen molar-refractivity contribution in [1.82, 2.24) is 9.62 Å². The Kier molecular flexibility index (Phi) is 7.67. The number of carbonyl (C=O) groups is 2. The molecule has 2 heterocycles. The zero-order valence-electron chi connectivity index (χ0n) is 21.1. The van der Waals surface area contributed by atoms with Crippen LogP contribution in [0, 0.1) is 6.92 Å². The number of halogens is 3. The van der Waals surface area contributed by atoms with Gasteiger partial charge in [0, 0.05) is 25.2 Å². The molecule has 12 heteroatoms. The number of aryl methyl sites for hydroxylation is 2. The van der Waals surface area contributed by atoms with Gasteiger partial charge < -0.3 is 5.32 Å². The standard InChI is InChI=1S/C26H29F3N4O4S/c1-17-15-19(16-18(2)34)3-4-20(17)9-14-38(36,37)33-12-10-25(11-13-33)23(35)31-24(32-25)30-22-7-5-21(6-8-22)26(27,28)29/h3-8,15H,9-14,16H2,1-2H3,(H2,30,31,32,35). The van der Waals surface area contributed by atoms with Gasteiger partial charge in [-0.05, 0) is 74.1 Å². The molecule has 0 aliphatic carbocycles. The molecule has 0 saturated carbocycles. The zero-order valence-corrected chi connectivity index (χ0v) is 21.9. The van der Waals surface area contributed by atoms with Crippen LogP contribution < -0.4 is 10.6 Å². The summed E-state index contributed by atoms with van der Waals surface area (Å²) in [6, 6.07) is 9.96. The second-order valence-corrected chi connectivity index (χ2v) is 11.8. The van der Waals surface area contributed by atoms with Crippen LogP contribution in [0.5, 0.6) is 0 Å². The molecule has 1 saturated heterocycles. The third kappa shape index (κ3) is 6.24. The number of nitrogens with zero attached hydrogens (tertiary/aromatic N) is 2. The van der Waals surface area contributed by atoms with Crippen molar-refractivity contribution in [2.45, 2.75) is 51.2 Å². The van der Waals surface area contributed by atoms with E-state index < -0.39 is 27.3 Å². The minimum absolute atomic E-state index is 0.0605. The summed E-state index contributed by atoms with van der Waals surface area (Å²) in [5.41, 5.74) is 1.15. The summed E-state index contributed by atoms with van der Waals surface area (Å²) < 4.78 is 65.8. The number of nitrogens with one attached hydrogen (secondary N) is 2. The van der Waals surface area contributed by atoms with Crippen LogP contribution in [0.25, 0.3) is 0 Å².